The van der Waals surface area contributed by atoms with Crippen molar-refractivity contribution < 1.29 is 14.7 Å². The van der Waals surface area contributed by atoms with Crippen molar-refractivity contribution in [2.24, 2.45) is 5.73 Å². The number of hydrogen-bond donors (Lipinski definition) is 3. The lowest BCUT2D eigenvalue weighted by atomic mass is 10.1. The predicted molar refractivity (Wildman–Crippen MR) is 112 cm³/mol. The minimum Gasteiger partial charge on any atom is -0.507 e. The topological polar surface area (TPSA) is 136 Å². The normalized spacial score (nSPS) is 10.6. The third-order valence-corrected chi connectivity index (χ3v) is 4.59. The Balaban J connectivity index is 1.40. The number of aromatic hydroxyl groups is 1. The lowest BCUT2D eigenvalue weighted by Gasteiger charge is -2.09. The number of primary amides is 1. The van der Waals surface area contributed by atoms with Gasteiger partial charge in [0, 0.05) is 48.5 Å². The molecule has 0 aliphatic heterocycles. The molecule has 0 saturated heterocycles. The van der Waals surface area contributed by atoms with Crippen molar-refractivity contribution in [2.45, 2.75) is 6.54 Å². The highest BCUT2D eigenvalue weighted by Gasteiger charge is 2.13. The second-order valence-electron chi connectivity index (χ2n) is 6.69. The first-order chi connectivity index (χ1) is 15.0. The van der Waals surface area contributed by atoms with Crippen LogP contribution in [0.3, 0.4) is 0 Å². The Morgan fingerprint density at radius 1 is 1.06 bits per heavy atom. The third-order valence-electron chi connectivity index (χ3n) is 4.59. The van der Waals surface area contributed by atoms with Gasteiger partial charge in [-0.2, -0.15) is 5.10 Å². The van der Waals surface area contributed by atoms with Crippen LogP contribution in [0.1, 0.15) is 26.3 Å². The lowest BCUT2D eigenvalue weighted by Crippen LogP contribution is -2.23. The Kier molecular flexibility index (Phi) is 5.39. The van der Waals surface area contributed by atoms with E-state index < -0.39 is 11.8 Å². The van der Waals surface area contributed by atoms with Gasteiger partial charge < -0.3 is 16.2 Å². The summed E-state index contributed by atoms with van der Waals surface area (Å²) in [6, 6.07) is 13.6. The molecule has 0 aliphatic rings. The Labute approximate surface area is 177 Å². The highest BCUT2D eigenvalue weighted by atomic mass is 16.3. The monoisotopic (exact) mass is 414 g/mol. The number of carbonyl (C=O) groups excluding carboxylic acids is 2. The molecule has 3 heterocycles. The first-order valence-electron chi connectivity index (χ1n) is 9.33. The molecule has 9 nitrogen and oxygen atoms in total. The van der Waals surface area contributed by atoms with Crippen LogP contribution in [0, 0.1) is 0 Å². The number of nitrogens with zero attached hydrogens (tertiary/aromatic N) is 4. The number of nitrogens with one attached hydrogen (secondary N) is 1. The highest BCUT2D eigenvalue weighted by molar-refractivity contribution is 5.96. The number of pyridine rings is 2. The van der Waals surface area contributed by atoms with E-state index in [1.165, 1.54) is 16.9 Å². The molecule has 0 saturated carbocycles. The summed E-state index contributed by atoms with van der Waals surface area (Å²) in [7, 11) is 0. The van der Waals surface area contributed by atoms with Crippen LogP contribution in [0.4, 0.5) is 0 Å². The zero-order valence-corrected chi connectivity index (χ0v) is 16.3. The van der Waals surface area contributed by atoms with Gasteiger partial charge in [0.15, 0.2) is 5.82 Å². The minimum atomic E-state index is -0.483. The number of amides is 2. The molecule has 31 heavy (non-hydrogen) atoms. The van der Waals surface area contributed by atoms with Crippen molar-refractivity contribution in [2.75, 3.05) is 0 Å². The summed E-state index contributed by atoms with van der Waals surface area (Å²) >= 11 is 0. The molecule has 4 aromatic rings. The first-order valence-corrected chi connectivity index (χ1v) is 9.33. The van der Waals surface area contributed by atoms with Crippen molar-refractivity contribution in [1.82, 2.24) is 25.1 Å². The molecule has 0 spiro atoms. The molecule has 0 unspecified atom stereocenters. The minimum absolute atomic E-state index is 0.0648. The maximum absolute atomic E-state index is 12.4. The van der Waals surface area contributed by atoms with Crippen molar-refractivity contribution in [3.63, 3.8) is 0 Å². The van der Waals surface area contributed by atoms with Crippen molar-refractivity contribution in [3.05, 3.63) is 90.0 Å². The van der Waals surface area contributed by atoms with Gasteiger partial charge in [-0.3, -0.25) is 14.6 Å². The average Bonchev–Trinajstić information content (AvgIpc) is 3.33. The van der Waals surface area contributed by atoms with Gasteiger partial charge in [-0.1, -0.05) is 18.2 Å². The standard InChI is InChI=1S/C22H18N6O3/c23-21(30)16-5-3-15(4-6-16)18-7-2-14(11-24-18)12-26-22(31)17-13-25-20(10-19(17)29)28-9-1-8-27-28/h1-11,13H,12H2,(H2,23,30)(H,25,29)(H,26,31). The molecule has 0 atom stereocenters. The van der Waals surface area contributed by atoms with E-state index in [-0.39, 0.29) is 17.9 Å². The van der Waals surface area contributed by atoms with Gasteiger partial charge in [-0.05, 0) is 29.8 Å². The molecule has 0 fully saturated rings. The van der Waals surface area contributed by atoms with Gasteiger partial charge in [0.2, 0.25) is 5.91 Å². The van der Waals surface area contributed by atoms with Gasteiger partial charge in [0.05, 0.1) is 11.3 Å². The van der Waals surface area contributed by atoms with Crippen LogP contribution in [0.2, 0.25) is 0 Å². The fourth-order valence-corrected chi connectivity index (χ4v) is 2.92. The summed E-state index contributed by atoms with van der Waals surface area (Å²) in [5.41, 5.74) is 8.09. The Bertz CT molecular complexity index is 1220. The van der Waals surface area contributed by atoms with Crippen LogP contribution in [0.5, 0.6) is 5.75 Å². The van der Waals surface area contributed by atoms with Crippen LogP contribution in [0.25, 0.3) is 17.1 Å². The Morgan fingerprint density at radius 3 is 2.48 bits per heavy atom. The number of aromatic nitrogens is 4. The molecule has 0 radical (unpaired) electrons. The SMILES string of the molecule is NC(=O)c1ccc(-c2ccc(CNC(=O)c3cnc(-n4cccn4)cc3O)cn2)cc1. The van der Waals surface area contributed by atoms with Gasteiger partial charge in [-0.25, -0.2) is 9.67 Å². The molecule has 9 heteroatoms. The van der Waals surface area contributed by atoms with Crippen LogP contribution in [0.15, 0.2) is 73.3 Å². The summed E-state index contributed by atoms with van der Waals surface area (Å²) < 4.78 is 1.48. The molecule has 4 N–H and O–H groups in total. The number of benzene rings is 1. The maximum Gasteiger partial charge on any atom is 0.256 e. The lowest BCUT2D eigenvalue weighted by molar-refractivity contribution is 0.0946. The summed E-state index contributed by atoms with van der Waals surface area (Å²) in [6.07, 6.45) is 6.23. The summed E-state index contributed by atoms with van der Waals surface area (Å²) in [5.74, 6) is -0.723. The van der Waals surface area contributed by atoms with Gasteiger partial charge >= 0.3 is 0 Å². The van der Waals surface area contributed by atoms with Crippen molar-refractivity contribution in [1.29, 1.82) is 0 Å². The van der Waals surface area contributed by atoms with E-state index >= 15 is 0 Å². The molecular weight excluding hydrogens is 396 g/mol. The van der Waals surface area contributed by atoms with Crippen LogP contribution in [-0.4, -0.2) is 36.7 Å². The zero-order chi connectivity index (χ0) is 21.8. The Morgan fingerprint density at radius 2 is 1.87 bits per heavy atom. The second kappa shape index (κ2) is 8.46. The van der Waals surface area contributed by atoms with E-state index in [9.17, 15) is 14.7 Å². The molecular formula is C22H18N6O3. The molecule has 0 aliphatic carbocycles. The number of carbonyl (C=O) groups is 2. The quantitative estimate of drug-likeness (QED) is 0.442. The fraction of sp³-hybridized carbons (Fsp3) is 0.0455. The second-order valence-corrected chi connectivity index (χ2v) is 6.69. The van der Waals surface area contributed by atoms with Crippen LogP contribution in [-0.2, 0) is 6.54 Å². The van der Waals surface area contributed by atoms with Crippen molar-refractivity contribution >= 4 is 11.8 Å². The summed E-state index contributed by atoms with van der Waals surface area (Å²) in [5, 5.41) is 17.0. The predicted octanol–water partition coefficient (Wildman–Crippen LogP) is 2.06. The smallest absolute Gasteiger partial charge is 0.256 e. The van der Waals surface area contributed by atoms with Gasteiger partial charge in [0.25, 0.3) is 5.91 Å². The molecule has 3 aromatic heterocycles. The molecule has 0 bridgehead atoms. The largest absolute Gasteiger partial charge is 0.507 e. The zero-order valence-electron chi connectivity index (χ0n) is 16.3. The number of rotatable bonds is 6. The van der Waals surface area contributed by atoms with Crippen molar-refractivity contribution in [3.8, 4) is 22.8 Å². The third kappa shape index (κ3) is 4.40. The van der Waals surface area contributed by atoms with E-state index in [2.05, 4.69) is 20.4 Å². The summed E-state index contributed by atoms with van der Waals surface area (Å²) in [6.45, 7) is 0.229. The number of nitrogens with two attached hydrogens (primary N) is 1. The highest BCUT2D eigenvalue weighted by Crippen LogP contribution is 2.20. The number of hydrogen-bond acceptors (Lipinski definition) is 6. The maximum atomic E-state index is 12.4. The van der Waals surface area contributed by atoms with Gasteiger partial charge in [-0.15, -0.1) is 0 Å². The summed E-state index contributed by atoms with van der Waals surface area (Å²) in [4.78, 5) is 32.1. The van der Waals surface area contributed by atoms with Gasteiger partial charge in [0.1, 0.15) is 5.75 Å². The first kappa shape index (κ1) is 19.8. The van der Waals surface area contributed by atoms with Crippen LogP contribution >= 0.6 is 0 Å². The molecule has 2 amide bonds. The van der Waals surface area contributed by atoms with E-state index in [4.69, 9.17) is 5.73 Å². The van der Waals surface area contributed by atoms with E-state index in [1.807, 2.05) is 12.1 Å². The molecule has 1 aromatic carbocycles. The molecule has 4 rings (SSSR count). The van der Waals surface area contributed by atoms with E-state index in [0.29, 0.717) is 11.4 Å². The molecule has 154 valence electrons. The fourth-order valence-electron chi connectivity index (χ4n) is 2.92. The average molecular weight is 414 g/mol. The Hall–Kier alpha value is -4.53. The van der Waals surface area contributed by atoms with E-state index in [1.54, 1.807) is 48.9 Å². The van der Waals surface area contributed by atoms with Crippen LogP contribution < -0.4 is 11.1 Å². The van der Waals surface area contributed by atoms with E-state index in [0.717, 1.165) is 16.8 Å².